The Morgan fingerprint density at radius 1 is 0.833 bits per heavy atom. The number of carbonyl (C=O) groups is 1. The summed E-state index contributed by atoms with van der Waals surface area (Å²) in [5, 5.41) is 0. The van der Waals surface area contributed by atoms with Crippen LogP contribution in [-0.4, -0.2) is 12.6 Å². The summed E-state index contributed by atoms with van der Waals surface area (Å²) in [7, 11) is 0. The number of rotatable bonds is 9. The molecule has 0 heterocycles. The third-order valence-corrected chi connectivity index (χ3v) is 3.24. The van der Waals surface area contributed by atoms with Crippen molar-refractivity contribution in [1.29, 1.82) is 0 Å². The molecule has 0 aromatic heterocycles. The minimum absolute atomic E-state index is 0.256. The second kappa shape index (κ2) is 13.4. The summed E-state index contributed by atoms with van der Waals surface area (Å²) < 4.78 is 4.87. The van der Waals surface area contributed by atoms with Gasteiger partial charge in [0.1, 0.15) is 6.61 Å². The summed E-state index contributed by atoms with van der Waals surface area (Å²) in [6.45, 7) is 12.2. The zero-order valence-electron chi connectivity index (χ0n) is 16.1. The number of ether oxygens (including phenoxy) is 1. The molecule has 0 amide bonds. The highest BCUT2D eigenvalue weighted by molar-refractivity contribution is 5.66. The van der Waals surface area contributed by atoms with Crippen molar-refractivity contribution in [3.05, 3.63) is 70.9 Å². The second-order valence-electron chi connectivity index (χ2n) is 6.21. The largest absolute Gasteiger partial charge is 0.462 e. The molecule has 0 saturated heterocycles. The van der Waals surface area contributed by atoms with Gasteiger partial charge in [0, 0.05) is 6.92 Å². The summed E-state index contributed by atoms with van der Waals surface area (Å²) in [5.74, 6) is -0.256. The Morgan fingerprint density at radius 2 is 1.46 bits per heavy atom. The molecule has 0 saturated carbocycles. The highest BCUT2D eigenvalue weighted by Gasteiger charge is 1.89. The van der Waals surface area contributed by atoms with Gasteiger partial charge in [0.25, 0.3) is 0 Å². The first kappa shape index (κ1) is 21.9. The summed E-state index contributed by atoms with van der Waals surface area (Å²) >= 11 is 0. The van der Waals surface area contributed by atoms with Gasteiger partial charge in [-0.2, -0.15) is 0 Å². The van der Waals surface area contributed by atoms with E-state index in [1.165, 1.54) is 23.6 Å². The molecule has 0 aromatic rings. The fourth-order valence-electron chi connectivity index (χ4n) is 1.80. The Kier molecular flexibility index (Phi) is 12.2. The first-order chi connectivity index (χ1) is 11.3. The van der Waals surface area contributed by atoms with Crippen LogP contribution in [0.15, 0.2) is 70.9 Å². The van der Waals surface area contributed by atoms with Crippen LogP contribution in [0.2, 0.25) is 0 Å². The van der Waals surface area contributed by atoms with Gasteiger partial charge in [-0.15, -0.1) is 0 Å². The maximum Gasteiger partial charge on any atom is 0.302 e. The molecule has 2 heteroatoms. The fraction of sp³-hybridized carbons (Fsp3) is 0.409. The maximum atomic E-state index is 10.7. The van der Waals surface area contributed by atoms with E-state index in [1.54, 1.807) is 0 Å². The van der Waals surface area contributed by atoms with Crippen molar-refractivity contribution in [2.75, 3.05) is 6.61 Å². The van der Waals surface area contributed by atoms with E-state index in [-0.39, 0.29) is 5.97 Å². The standard InChI is InChI=1S/C22H32O2/c1-18(2)10-7-11-19(3)12-8-13-20(4)14-9-15-21(5)16-17-24-22(6)23/h8-10,12-16H,7,11,17H2,1-6H3. The Bertz CT molecular complexity index is 563. The van der Waals surface area contributed by atoms with E-state index in [2.05, 4.69) is 58.1 Å². The molecule has 0 spiro atoms. The molecule has 0 aliphatic heterocycles. The number of hydrogen-bond acceptors (Lipinski definition) is 2. The quantitative estimate of drug-likeness (QED) is 0.284. The summed E-state index contributed by atoms with van der Waals surface area (Å²) in [5.41, 5.74) is 5.02. The van der Waals surface area contributed by atoms with Crippen molar-refractivity contribution in [3.63, 3.8) is 0 Å². The normalized spacial score (nSPS) is 13.7. The average molecular weight is 328 g/mol. The minimum Gasteiger partial charge on any atom is -0.462 e. The minimum atomic E-state index is -0.256. The SMILES string of the molecule is CC(=O)OCC=C(C)C=CC=C(C)C=CC=C(C)CCC=C(C)C. The number of allylic oxidation sites excluding steroid dienone is 11. The Morgan fingerprint density at radius 3 is 2.08 bits per heavy atom. The van der Waals surface area contributed by atoms with Crippen LogP contribution in [0, 0.1) is 0 Å². The zero-order valence-corrected chi connectivity index (χ0v) is 16.1. The van der Waals surface area contributed by atoms with E-state index in [0.29, 0.717) is 6.61 Å². The Hall–Kier alpha value is -2.09. The molecule has 0 bridgehead atoms. The van der Waals surface area contributed by atoms with Crippen LogP contribution in [0.4, 0.5) is 0 Å². The second-order valence-corrected chi connectivity index (χ2v) is 6.21. The molecule has 2 nitrogen and oxygen atoms in total. The van der Waals surface area contributed by atoms with Gasteiger partial charge in [-0.1, -0.05) is 64.8 Å². The van der Waals surface area contributed by atoms with Crippen LogP contribution in [0.3, 0.4) is 0 Å². The third-order valence-electron chi connectivity index (χ3n) is 3.24. The van der Waals surface area contributed by atoms with Gasteiger partial charge in [0.15, 0.2) is 0 Å². The van der Waals surface area contributed by atoms with Crippen LogP contribution in [-0.2, 0) is 9.53 Å². The predicted octanol–water partition coefficient (Wildman–Crippen LogP) is 6.25. The summed E-state index contributed by atoms with van der Waals surface area (Å²) in [6.07, 6.45) is 18.8. The lowest BCUT2D eigenvalue weighted by Crippen LogP contribution is -1.97. The molecule has 0 fully saturated rings. The van der Waals surface area contributed by atoms with Crippen molar-refractivity contribution >= 4 is 5.97 Å². The van der Waals surface area contributed by atoms with Crippen molar-refractivity contribution < 1.29 is 9.53 Å². The summed E-state index contributed by atoms with van der Waals surface area (Å²) in [4.78, 5) is 10.7. The van der Waals surface area contributed by atoms with Crippen LogP contribution in [0.1, 0.15) is 54.4 Å². The van der Waals surface area contributed by atoms with Crippen LogP contribution >= 0.6 is 0 Å². The topological polar surface area (TPSA) is 26.3 Å². The van der Waals surface area contributed by atoms with E-state index < -0.39 is 0 Å². The number of carbonyl (C=O) groups excluding carboxylic acids is 1. The smallest absolute Gasteiger partial charge is 0.302 e. The van der Waals surface area contributed by atoms with Gasteiger partial charge >= 0.3 is 5.97 Å². The lowest BCUT2D eigenvalue weighted by molar-refractivity contribution is -0.139. The fourth-order valence-corrected chi connectivity index (χ4v) is 1.80. The third kappa shape index (κ3) is 14.8. The molecule has 24 heavy (non-hydrogen) atoms. The van der Waals surface area contributed by atoms with E-state index in [1.807, 2.05) is 25.2 Å². The maximum absolute atomic E-state index is 10.7. The van der Waals surface area contributed by atoms with Gasteiger partial charge in [0.2, 0.25) is 0 Å². The monoisotopic (exact) mass is 328 g/mol. The molecule has 0 atom stereocenters. The van der Waals surface area contributed by atoms with Crippen molar-refractivity contribution in [2.45, 2.75) is 54.4 Å². The average Bonchev–Trinajstić information content (AvgIpc) is 2.46. The van der Waals surface area contributed by atoms with Crippen LogP contribution in [0.5, 0.6) is 0 Å². The first-order valence-electron chi connectivity index (χ1n) is 8.43. The van der Waals surface area contributed by atoms with Crippen LogP contribution in [0.25, 0.3) is 0 Å². The van der Waals surface area contributed by atoms with Gasteiger partial charge < -0.3 is 4.74 Å². The van der Waals surface area contributed by atoms with Gasteiger partial charge in [0.05, 0.1) is 0 Å². The predicted molar refractivity (Wildman–Crippen MR) is 105 cm³/mol. The molecular formula is C22H32O2. The molecular weight excluding hydrogens is 296 g/mol. The Balaban J connectivity index is 4.36. The molecule has 0 aromatic carbocycles. The van der Waals surface area contributed by atoms with E-state index in [4.69, 9.17) is 4.74 Å². The molecule has 132 valence electrons. The van der Waals surface area contributed by atoms with E-state index in [0.717, 1.165) is 18.4 Å². The van der Waals surface area contributed by atoms with Gasteiger partial charge in [-0.25, -0.2) is 0 Å². The Labute approximate surface area is 148 Å². The molecule has 0 unspecified atom stereocenters. The van der Waals surface area contributed by atoms with Crippen molar-refractivity contribution in [3.8, 4) is 0 Å². The highest BCUT2D eigenvalue weighted by atomic mass is 16.5. The van der Waals surface area contributed by atoms with Gasteiger partial charge in [-0.3, -0.25) is 4.79 Å². The van der Waals surface area contributed by atoms with Crippen molar-refractivity contribution in [2.24, 2.45) is 0 Å². The van der Waals surface area contributed by atoms with Crippen LogP contribution < -0.4 is 0 Å². The molecule has 0 radical (unpaired) electrons. The molecule has 0 N–H and O–H groups in total. The van der Waals surface area contributed by atoms with E-state index >= 15 is 0 Å². The molecule has 0 aliphatic carbocycles. The zero-order chi connectivity index (χ0) is 18.4. The van der Waals surface area contributed by atoms with Crippen molar-refractivity contribution in [1.82, 2.24) is 0 Å². The molecule has 0 rings (SSSR count). The number of hydrogen-bond donors (Lipinski definition) is 0. The molecule has 0 aliphatic rings. The summed E-state index contributed by atoms with van der Waals surface area (Å²) in [6, 6.07) is 0. The highest BCUT2D eigenvalue weighted by Crippen LogP contribution is 2.07. The lowest BCUT2D eigenvalue weighted by atomic mass is 10.1. The van der Waals surface area contributed by atoms with E-state index in [9.17, 15) is 4.79 Å². The lowest BCUT2D eigenvalue weighted by Gasteiger charge is -1.97. The van der Waals surface area contributed by atoms with Gasteiger partial charge in [-0.05, 0) is 53.5 Å². The number of esters is 1. The first-order valence-corrected chi connectivity index (χ1v) is 8.43.